The maximum absolute atomic E-state index is 13.6. The van der Waals surface area contributed by atoms with E-state index < -0.39 is 29.7 Å². The number of ether oxygens (including phenoxy) is 2. The second kappa shape index (κ2) is 15.8. The van der Waals surface area contributed by atoms with E-state index in [4.69, 9.17) is 9.47 Å². The molecule has 0 aliphatic carbocycles. The van der Waals surface area contributed by atoms with Crippen molar-refractivity contribution in [2.45, 2.75) is 59.0 Å². The van der Waals surface area contributed by atoms with Crippen molar-refractivity contribution in [1.82, 2.24) is 4.90 Å². The lowest BCUT2D eigenvalue weighted by Gasteiger charge is -2.28. The lowest BCUT2D eigenvalue weighted by molar-refractivity contribution is -0.149. The Kier molecular flexibility index (Phi) is 12.8. The van der Waals surface area contributed by atoms with Crippen LogP contribution in [0.5, 0.6) is 5.75 Å². The number of rotatable bonds is 16. The summed E-state index contributed by atoms with van der Waals surface area (Å²) in [4.78, 5) is 26.0. The SMILES string of the molecule is CCCC(CCC)CN(CCOc1ccc(CC(OCC)C(=O)O)cc1)C(=O)Nc1ccc(F)c(F)c1. The number of nitrogens with one attached hydrogen (secondary N) is 1. The molecule has 0 radical (unpaired) electrons. The molecule has 204 valence electrons. The molecular formula is C28H38F2N2O5. The van der Waals surface area contributed by atoms with Gasteiger partial charge in [0, 0.05) is 31.3 Å². The van der Waals surface area contributed by atoms with Crippen LogP contribution in [0, 0.1) is 17.6 Å². The van der Waals surface area contributed by atoms with Gasteiger partial charge in [-0.2, -0.15) is 0 Å². The summed E-state index contributed by atoms with van der Waals surface area (Å²) < 4.78 is 38.0. The Morgan fingerprint density at radius 1 is 1.00 bits per heavy atom. The van der Waals surface area contributed by atoms with Crippen LogP contribution in [0.2, 0.25) is 0 Å². The molecule has 2 aromatic rings. The van der Waals surface area contributed by atoms with Crippen LogP contribution in [-0.4, -0.2) is 54.4 Å². The predicted octanol–water partition coefficient (Wildman–Crippen LogP) is 6.13. The van der Waals surface area contributed by atoms with Crippen LogP contribution < -0.4 is 10.1 Å². The average Bonchev–Trinajstić information content (AvgIpc) is 2.86. The fourth-order valence-corrected chi connectivity index (χ4v) is 4.14. The molecule has 0 aliphatic rings. The number of carbonyl (C=O) groups is 2. The number of amides is 2. The summed E-state index contributed by atoms with van der Waals surface area (Å²) in [6.07, 6.45) is 3.29. The minimum Gasteiger partial charge on any atom is -0.492 e. The molecule has 0 bridgehead atoms. The van der Waals surface area contributed by atoms with E-state index in [2.05, 4.69) is 19.2 Å². The Morgan fingerprint density at radius 2 is 1.68 bits per heavy atom. The van der Waals surface area contributed by atoms with E-state index in [0.717, 1.165) is 43.4 Å². The summed E-state index contributed by atoms with van der Waals surface area (Å²) >= 11 is 0. The quantitative estimate of drug-likeness (QED) is 0.278. The summed E-state index contributed by atoms with van der Waals surface area (Å²) in [5, 5.41) is 11.9. The highest BCUT2D eigenvalue weighted by molar-refractivity contribution is 5.89. The molecule has 2 rings (SSSR count). The first-order valence-corrected chi connectivity index (χ1v) is 12.8. The molecule has 0 heterocycles. The maximum atomic E-state index is 13.6. The lowest BCUT2D eigenvalue weighted by Crippen LogP contribution is -2.41. The predicted molar refractivity (Wildman–Crippen MR) is 139 cm³/mol. The standard InChI is InChI=1S/C28H38F2N2O5/c1-4-7-21(8-5-2)19-32(28(35)31-22-11-14-24(29)25(30)18-22)15-16-37-23-12-9-20(10-13-23)17-26(27(33)34)36-6-3/h9-14,18,21,26H,4-8,15-17,19H2,1-3H3,(H,31,35)(H,33,34). The molecule has 1 atom stereocenters. The molecule has 2 aromatic carbocycles. The van der Waals surface area contributed by atoms with E-state index in [-0.39, 0.29) is 18.7 Å². The molecule has 9 heteroatoms. The number of carboxylic acid groups (broad SMARTS) is 1. The Bertz CT molecular complexity index is 981. The monoisotopic (exact) mass is 520 g/mol. The molecule has 7 nitrogen and oxygen atoms in total. The van der Waals surface area contributed by atoms with Gasteiger partial charge in [-0.3, -0.25) is 0 Å². The molecular weight excluding hydrogens is 482 g/mol. The summed E-state index contributed by atoms with van der Waals surface area (Å²) in [6.45, 7) is 7.32. The smallest absolute Gasteiger partial charge is 0.333 e. The normalized spacial score (nSPS) is 11.8. The van der Waals surface area contributed by atoms with Gasteiger partial charge in [0.05, 0.1) is 6.54 Å². The van der Waals surface area contributed by atoms with E-state index in [0.29, 0.717) is 31.4 Å². The molecule has 2 amide bonds. The van der Waals surface area contributed by atoms with Crippen molar-refractivity contribution in [3.05, 3.63) is 59.7 Å². The Hall–Kier alpha value is -3.20. The van der Waals surface area contributed by atoms with Crippen molar-refractivity contribution in [2.75, 3.05) is 31.6 Å². The van der Waals surface area contributed by atoms with E-state index in [1.165, 1.54) is 6.07 Å². The molecule has 0 aliphatic heterocycles. The summed E-state index contributed by atoms with van der Waals surface area (Å²) in [5.41, 5.74) is 0.988. The number of hydrogen-bond donors (Lipinski definition) is 2. The third-order valence-electron chi connectivity index (χ3n) is 5.95. The molecule has 2 N–H and O–H groups in total. The zero-order valence-corrected chi connectivity index (χ0v) is 21.8. The molecule has 0 spiro atoms. The van der Waals surface area contributed by atoms with E-state index in [9.17, 15) is 23.5 Å². The van der Waals surface area contributed by atoms with Crippen molar-refractivity contribution >= 4 is 17.7 Å². The van der Waals surface area contributed by atoms with Crippen LogP contribution >= 0.6 is 0 Å². The third kappa shape index (κ3) is 10.4. The van der Waals surface area contributed by atoms with Crippen molar-refractivity contribution in [1.29, 1.82) is 0 Å². The van der Waals surface area contributed by atoms with Gasteiger partial charge in [-0.25, -0.2) is 18.4 Å². The second-order valence-corrected chi connectivity index (χ2v) is 8.93. The van der Waals surface area contributed by atoms with E-state index >= 15 is 0 Å². The third-order valence-corrected chi connectivity index (χ3v) is 5.95. The fourth-order valence-electron chi connectivity index (χ4n) is 4.14. The van der Waals surface area contributed by atoms with Gasteiger partial charge in [0.25, 0.3) is 0 Å². The van der Waals surface area contributed by atoms with Crippen LogP contribution in [0.4, 0.5) is 19.3 Å². The molecule has 0 saturated carbocycles. The van der Waals surface area contributed by atoms with Crippen molar-refractivity contribution in [2.24, 2.45) is 5.92 Å². The molecule has 0 saturated heterocycles. The first-order chi connectivity index (χ1) is 17.8. The number of carboxylic acids is 1. The molecule has 1 unspecified atom stereocenters. The number of carbonyl (C=O) groups excluding carboxylic acids is 1. The summed E-state index contributed by atoms with van der Waals surface area (Å²) in [6, 6.07) is 9.94. The second-order valence-electron chi connectivity index (χ2n) is 8.93. The lowest BCUT2D eigenvalue weighted by atomic mass is 9.98. The van der Waals surface area contributed by atoms with Gasteiger partial charge in [-0.05, 0) is 55.5 Å². The van der Waals surface area contributed by atoms with Crippen LogP contribution in [0.1, 0.15) is 52.0 Å². The largest absolute Gasteiger partial charge is 0.492 e. The maximum Gasteiger partial charge on any atom is 0.333 e. The Morgan fingerprint density at radius 3 is 2.24 bits per heavy atom. The first kappa shape index (κ1) is 30.0. The van der Waals surface area contributed by atoms with Gasteiger partial charge in [-0.1, -0.05) is 38.8 Å². The number of benzene rings is 2. The van der Waals surface area contributed by atoms with Crippen LogP contribution in [0.15, 0.2) is 42.5 Å². The highest BCUT2D eigenvalue weighted by Crippen LogP contribution is 2.19. The van der Waals surface area contributed by atoms with Crippen LogP contribution in [-0.2, 0) is 16.0 Å². The average molecular weight is 521 g/mol. The Balaban J connectivity index is 2.02. The number of halogens is 2. The molecule has 0 fully saturated rings. The summed E-state index contributed by atoms with van der Waals surface area (Å²) in [7, 11) is 0. The van der Waals surface area contributed by atoms with Gasteiger partial charge < -0.3 is 24.8 Å². The van der Waals surface area contributed by atoms with Crippen molar-refractivity contribution in [3.63, 3.8) is 0 Å². The van der Waals surface area contributed by atoms with Gasteiger partial charge in [0.2, 0.25) is 0 Å². The van der Waals surface area contributed by atoms with Crippen molar-refractivity contribution < 1.29 is 33.0 Å². The van der Waals surface area contributed by atoms with Crippen molar-refractivity contribution in [3.8, 4) is 5.75 Å². The molecule has 0 aromatic heterocycles. The number of urea groups is 1. The zero-order valence-electron chi connectivity index (χ0n) is 21.8. The van der Waals surface area contributed by atoms with Gasteiger partial charge in [0.15, 0.2) is 17.7 Å². The van der Waals surface area contributed by atoms with Gasteiger partial charge >= 0.3 is 12.0 Å². The van der Waals surface area contributed by atoms with E-state index in [1.54, 1.807) is 36.1 Å². The number of nitrogens with zero attached hydrogens (tertiary/aromatic N) is 1. The topological polar surface area (TPSA) is 88.1 Å². The van der Waals surface area contributed by atoms with Gasteiger partial charge in [-0.15, -0.1) is 0 Å². The number of hydrogen-bond acceptors (Lipinski definition) is 4. The number of aliphatic carboxylic acids is 1. The highest BCUT2D eigenvalue weighted by Gasteiger charge is 2.20. The summed E-state index contributed by atoms with van der Waals surface area (Å²) in [5.74, 6) is -2.10. The minimum atomic E-state index is -1.03. The fraction of sp³-hybridized carbons (Fsp3) is 0.500. The minimum absolute atomic E-state index is 0.180. The van der Waals surface area contributed by atoms with Gasteiger partial charge in [0.1, 0.15) is 12.4 Å². The van der Waals surface area contributed by atoms with Crippen LogP contribution in [0.25, 0.3) is 0 Å². The zero-order chi connectivity index (χ0) is 27.2. The first-order valence-electron chi connectivity index (χ1n) is 12.8. The highest BCUT2D eigenvalue weighted by atomic mass is 19.2. The Labute approximate surface area is 217 Å². The number of anilines is 1. The van der Waals surface area contributed by atoms with E-state index in [1.807, 2.05) is 0 Å². The van der Waals surface area contributed by atoms with Crippen LogP contribution in [0.3, 0.4) is 0 Å². The molecule has 37 heavy (non-hydrogen) atoms.